The van der Waals surface area contributed by atoms with Crippen molar-refractivity contribution in [3.63, 3.8) is 0 Å². The number of hydrogen-bond acceptors (Lipinski definition) is 5. The van der Waals surface area contributed by atoms with Crippen molar-refractivity contribution < 1.29 is 23.9 Å². The van der Waals surface area contributed by atoms with Gasteiger partial charge in [-0.25, -0.2) is 0 Å². The Labute approximate surface area is 164 Å². The summed E-state index contributed by atoms with van der Waals surface area (Å²) >= 11 is 0. The molecule has 2 atom stereocenters. The molecule has 0 aromatic heterocycles. The fraction of sp³-hybridized carbons (Fsp3) is 0.550. The zero-order valence-corrected chi connectivity index (χ0v) is 16.3. The van der Waals surface area contributed by atoms with Gasteiger partial charge in [0.2, 0.25) is 5.91 Å². The first-order valence-corrected chi connectivity index (χ1v) is 9.62. The lowest BCUT2D eigenvalue weighted by molar-refractivity contribution is -0.143. The number of fused-ring (bicyclic) bond motifs is 1. The van der Waals surface area contributed by atoms with Crippen LogP contribution < -0.4 is 10.2 Å². The molecule has 3 rings (SSSR count). The smallest absolute Gasteiger partial charge is 0.316 e. The van der Waals surface area contributed by atoms with Gasteiger partial charge in [-0.3, -0.25) is 14.4 Å². The molecule has 3 amide bonds. The number of likely N-dealkylation sites (N-methyl/N-ethyl adjacent to an activating group) is 1. The summed E-state index contributed by atoms with van der Waals surface area (Å²) in [5.41, 5.74) is 1.77. The van der Waals surface area contributed by atoms with Crippen molar-refractivity contribution in [2.45, 2.75) is 25.3 Å². The first-order valence-electron chi connectivity index (χ1n) is 9.62. The standard InChI is InChI=1S/C20H27N3O5/c1-3-27-9-8-22(2)19(25)20(26)23-11-14(16-6-4-5-7-17(16)23)10-15-12-28-13-18(24)21-15/h4-7,14-15H,3,8-13H2,1-2H3,(H,21,24)/t14-,15+/m0/s1. The van der Waals surface area contributed by atoms with E-state index in [1.165, 1.54) is 4.90 Å². The van der Waals surface area contributed by atoms with E-state index in [0.29, 0.717) is 39.3 Å². The van der Waals surface area contributed by atoms with Gasteiger partial charge in [0, 0.05) is 38.3 Å². The third-order valence-electron chi connectivity index (χ3n) is 5.11. The third-order valence-corrected chi connectivity index (χ3v) is 5.11. The van der Waals surface area contributed by atoms with Gasteiger partial charge in [-0.1, -0.05) is 18.2 Å². The molecule has 0 unspecified atom stereocenters. The van der Waals surface area contributed by atoms with Crippen LogP contribution in [0.5, 0.6) is 0 Å². The van der Waals surface area contributed by atoms with Crippen molar-refractivity contribution in [3.8, 4) is 0 Å². The van der Waals surface area contributed by atoms with E-state index < -0.39 is 11.8 Å². The van der Waals surface area contributed by atoms with Gasteiger partial charge in [-0.05, 0) is 25.0 Å². The number of hydrogen-bond donors (Lipinski definition) is 1. The highest BCUT2D eigenvalue weighted by molar-refractivity contribution is 6.40. The summed E-state index contributed by atoms with van der Waals surface area (Å²) in [6.07, 6.45) is 0.654. The number of nitrogens with one attached hydrogen (secondary N) is 1. The second-order valence-corrected chi connectivity index (χ2v) is 7.11. The Kier molecular flexibility index (Phi) is 6.64. The van der Waals surface area contributed by atoms with Crippen LogP contribution in [0.2, 0.25) is 0 Å². The van der Waals surface area contributed by atoms with E-state index in [2.05, 4.69) is 5.32 Å². The van der Waals surface area contributed by atoms with E-state index in [1.807, 2.05) is 31.2 Å². The normalized spacial score (nSPS) is 21.2. The number of amides is 3. The van der Waals surface area contributed by atoms with Crippen LogP contribution in [0.25, 0.3) is 0 Å². The van der Waals surface area contributed by atoms with Crippen LogP contribution in [-0.4, -0.2) is 75.2 Å². The monoisotopic (exact) mass is 389 g/mol. The third kappa shape index (κ3) is 4.51. The molecule has 1 aromatic carbocycles. The van der Waals surface area contributed by atoms with Crippen LogP contribution in [0, 0.1) is 0 Å². The van der Waals surface area contributed by atoms with Crippen LogP contribution in [0.4, 0.5) is 5.69 Å². The molecule has 1 N–H and O–H groups in total. The van der Waals surface area contributed by atoms with Gasteiger partial charge in [0.15, 0.2) is 0 Å². The van der Waals surface area contributed by atoms with E-state index in [4.69, 9.17) is 9.47 Å². The van der Waals surface area contributed by atoms with Gasteiger partial charge in [-0.15, -0.1) is 0 Å². The zero-order valence-electron chi connectivity index (χ0n) is 16.3. The fourth-order valence-corrected chi connectivity index (χ4v) is 3.69. The SMILES string of the molecule is CCOCCN(C)C(=O)C(=O)N1C[C@H](C[C@@H]2COCC(=O)N2)c2ccccc21. The molecule has 0 aliphatic carbocycles. The number of carbonyl (C=O) groups is 3. The second kappa shape index (κ2) is 9.16. The van der Waals surface area contributed by atoms with Gasteiger partial charge in [0.1, 0.15) is 6.61 Å². The molecule has 2 heterocycles. The van der Waals surface area contributed by atoms with Crippen LogP contribution in [0.15, 0.2) is 24.3 Å². The molecular weight excluding hydrogens is 362 g/mol. The zero-order chi connectivity index (χ0) is 20.1. The summed E-state index contributed by atoms with van der Waals surface area (Å²) in [5, 5.41) is 2.93. The summed E-state index contributed by atoms with van der Waals surface area (Å²) in [5.74, 6) is -1.18. The van der Waals surface area contributed by atoms with Gasteiger partial charge < -0.3 is 24.6 Å². The Morgan fingerprint density at radius 1 is 1.36 bits per heavy atom. The van der Waals surface area contributed by atoms with Gasteiger partial charge in [-0.2, -0.15) is 0 Å². The summed E-state index contributed by atoms with van der Waals surface area (Å²) in [6, 6.07) is 7.51. The van der Waals surface area contributed by atoms with E-state index in [1.54, 1.807) is 11.9 Å². The Bertz CT molecular complexity index is 738. The predicted octanol–water partition coefficient (Wildman–Crippen LogP) is 0.517. The van der Waals surface area contributed by atoms with Crippen LogP contribution in [0.3, 0.4) is 0 Å². The minimum Gasteiger partial charge on any atom is -0.380 e. The number of benzene rings is 1. The maximum atomic E-state index is 12.9. The van der Waals surface area contributed by atoms with E-state index in [0.717, 1.165) is 11.3 Å². The van der Waals surface area contributed by atoms with Crippen LogP contribution >= 0.6 is 0 Å². The van der Waals surface area contributed by atoms with Crippen LogP contribution in [-0.2, 0) is 23.9 Å². The number of para-hydroxylation sites is 1. The van der Waals surface area contributed by atoms with Gasteiger partial charge in [0.05, 0.1) is 19.3 Å². The molecule has 2 aliphatic rings. The van der Waals surface area contributed by atoms with Crippen molar-refractivity contribution in [2.75, 3.05) is 51.5 Å². The van der Waals surface area contributed by atoms with Crippen molar-refractivity contribution in [1.29, 1.82) is 0 Å². The average Bonchev–Trinajstić information content (AvgIpc) is 3.05. The van der Waals surface area contributed by atoms with E-state index in [-0.39, 0.29) is 24.5 Å². The molecule has 1 saturated heterocycles. The Morgan fingerprint density at radius 3 is 2.89 bits per heavy atom. The number of carbonyl (C=O) groups excluding carboxylic acids is 3. The summed E-state index contributed by atoms with van der Waals surface area (Å²) in [7, 11) is 1.60. The molecule has 2 aliphatic heterocycles. The van der Waals surface area contributed by atoms with Gasteiger partial charge in [0.25, 0.3) is 0 Å². The number of rotatable bonds is 6. The maximum Gasteiger partial charge on any atom is 0.316 e. The summed E-state index contributed by atoms with van der Waals surface area (Å²) < 4.78 is 10.6. The molecule has 0 radical (unpaired) electrons. The molecule has 152 valence electrons. The Morgan fingerprint density at radius 2 is 2.14 bits per heavy atom. The fourth-order valence-electron chi connectivity index (χ4n) is 3.69. The van der Waals surface area contributed by atoms with E-state index >= 15 is 0 Å². The largest absolute Gasteiger partial charge is 0.380 e. The van der Waals surface area contributed by atoms with Crippen molar-refractivity contribution in [1.82, 2.24) is 10.2 Å². The topological polar surface area (TPSA) is 88.2 Å². The summed E-state index contributed by atoms with van der Waals surface area (Å²) in [6.45, 7) is 4.17. The Hall–Kier alpha value is -2.45. The predicted molar refractivity (Wildman–Crippen MR) is 103 cm³/mol. The van der Waals surface area contributed by atoms with Crippen molar-refractivity contribution >= 4 is 23.4 Å². The Balaban J connectivity index is 1.69. The first-order chi connectivity index (χ1) is 13.5. The molecule has 1 fully saturated rings. The average molecular weight is 389 g/mol. The lowest BCUT2D eigenvalue weighted by Crippen LogP contribution is -2.47. The number of ether oxygens (including phenoxy) is 2. The molecule has 8 nitrogen and oxygen atoms in total. The van der Waals surface area contributed by atoms with Crippen molar-refractivity contribution in [2.24, 2.45) is 0 Å². The van der Waals surface area contributed by atoms with E-state index in [9.17, 15) is 14.4 Å². The highest BCUT2D eigenvalue weighted by atomic mass is 16.5. The quantitative estimate of drug-likeness (QED) is 0.566. The number of nitrogens with zero attached hydrogens (tertiary/aromatic N) is 2. The lowest BCUT2D eigenvalue weighted by Gasteiger charge is -2.26. The number of anilines is 1. The molecule has 0 spiro atoms. The minimum absolute atomic E-state index is 0.0358. The minimum atomic E-state index is -0.551. The first kappa shape index (κ1) is 20.3. The molecule has 8 heteroatoms. The molecule has 28 heavy (non-hydrogen) atoms. The van der Waals surface area contributed by atoms with Crippen molar-refractivity contribution in [3.05, 3.63) is 29.8 Å². The molecule has 0 bridgehead atoms. The lowest BCUT2D eigenvalue weighted by atomic mass is 9.94. The van der Waals surface area contributed by atoms with Crippen LogP contribution in [0.1, 0.15) is 24.8 Å². The molecular formula is C20H27N3O5. The molecule has 0 saturated carbocycles. The maximum absolute atomic E-state index is 12.9. The highest BCUT2D eigenvalue weighted by Gasteiger charge is 2.37. The van der Waals surface area contributed by atoms with Gasteiger partial charge >= 0.3 is 11.8 Å². The second-order valence-electron chi connectivity index (χ2n) is 7.11. The number of morpholine rings is 1. The summed E-state index contributed by atoms with van der Waals surface area (Å²) in [4.78, 5) is 40.0. The highest BCUT2D eigenvalue weighted by Crippen LogP contribution is 2.38. The molecule has 1 aromatic rings.